The molecule has 1 aliphatic carbocycles. The third-order valence-corrected chi connectivity index (χ3v) is 4.46. The third-order valence-electron chi connectivity index (χ3n) is 4.46. The summed E-state index contributed by atoms with van der Waals surface area (Å²) >= 11 is 0. The SMILES string of the molecule is CN(Cc1cc(F)ccc1N)C1CCC(C)(C)CC1. The molecule has 2 nitrogen and oxygen atoms in total. The second-order valence-corrected chi connectivity index (χ2v) is 6.65. The molecule has 0 unspecified atom stereocenters. The monoisotopic (exact) mass is 264 g/mol. The van der Waals surface area contributed by atoms with Crippen molar-refractivity contribution < 1.29 is 4.39 Å². The fourth-order valence-electron chi connectivity index (χ4n) is 2.93. The maximum absolute atomic E-state index is 13.3. The van der Waals surface area contributed by atoms with Gasteiger partial charge in [-0.15, -0.1) is 0 Å². The highest BCUT2D eigenvalue weighted by molar-refractivity contribution is 5.46. The van der Waals surface area contributed by atoms with Gasteiger partial charge in [-0.1, -0.05) is 13.8 Å². The molecule has 2 rings (SSSR count). The number of nitrogens with zero attached hydrogens (tertiary/aromatic N) is 1. The number of hydrogen-bond acceptors (Lipinski definition) is 2. The standard InChI is InChI=1S/C16H25FN2/c1-16(2)8-6-14(7-9-16)19(3)11-12-10-13(17)4-5-15(12)18/h4-5,10,14H,6-9,11,18H2,1-3H3. The van der Waals surface area contributed by atoms with Crippen LogP contribution in [0.4, 0.5) is 10.1 Å². The third kappa shape index (κ3) is 3.69. The minimum absolute atomic E-state index is 0.206. The molecule has 0 bridgehead atoms. The fourth-order valence-corrected chi connectivity index (χ4v) is 2.93. The second-order valence-electron chi connectivity index (χ2n) is 6.65. The first kappa shape index (κ1) is 14.3. The van der Waals surface area contributed by atoms with Crippen LogP contribution in [0.3, 0.4) is 0 Å². The van der Waals surface area contributed by atoms with Crippen molar-refractivity contribution in [1.82, 2.24) is 4.90 Å². The molecular formula is C16H25FN2. The van der Waals surface area contributed by atoms with Crippen LogP contribution in [-0.2, 0) is 6.54 Å². The van der Waals surface area contributed by atoms with Crippen molar-refractivity contribution in [1.29, 1.82) is 0 Å². The molecule has 0 aliphatic heterocycles. The molecule has 0 radical (unpaired) electrons. The second kappa shape index (κ2) is 5.49. The van der Waals surface area contributed by atoms with Crippen LogP contribution in [0.25, 0.3) is 0 Å². The number of benzene rings is 1. The Balaban J connectivity index is 1.98. The number of anilines is 1. The molecule has 1 aromatic carbocycles. The molecule has 3 heteroatoms. The van der Waals surface area contributed by atoms with Crippen molar-refractivity contribution in [2.75, 3.05) is 12.8 Å². The molecule has 1 fully saturated rings. The van der Waals surface area contributed by atoms with E-state index in [1.54, 1.807) is 12.1 Å². The van der Waals surface area contributed by atoms with Crippen molar-refractivity contribution in [2.45, 2.75) is 52.1 Å². The van der Waals surface area contributed by atoms with E-state index in [0.29, 0.717) is 17.1 Å². The highest BCUT2D eigenvalue weighted by Gasteiger charge is 2.28. The quantitative estimate of drug-likeness (QED) is 0.841. The molecule has 2 N–H and O–H groups in total. The topological polar surface area (TPSA) is 29.3 Å². The van der Waals surface area contributed by atoms with E-state index >= 15 is 0 Å². The molecule has 0 saturated heterocycles. The summed E-state index contributed by atoms with van der Waals surface area (Å²) in [5.41, 5.74) is 7.98. The largest absolute Gasteiger partial charge is 0.398 e. The fraction of sp³-hybridized carbons (Fsp3) is 0.625. The average molecular weight is 264 g/mol. The molecular weight excluding hydrogens is 239 g/mol. The van der Waals surface area contributed by atoms with Gasteiger partial charge < -0.3 is 5.73 Å². The van der Waals surface area contributed by atoms with E-state index in [1.165, 1.54) is 31.7 Å². The maximum Gasteiger partial charge on any atom is 0.123 e. The molecule has 1 aliphatic rings. The lowest BCUT2D eigenvalue weighted by Crippen LogP contribution is -2.36. The van der Waals surface area contributed by atoms with E-state index in [9.17, 15) is 4.39 Å². The summed E-state index contributed by atoms with van der Waals surface area (Å²) in [5.74, 6) is -0.206. The summed E-state index contributed by atoms with van der Waals surface area (Å²) < 4.78 is 13.3. The van der Waals surface area contributed by atoms with E-state index in [1.807, 2.05) is 0 Å². The van der Waals surface area contributed by atoms with Crippen molar-refractivity contribution in [2.24, 2.45) is 5.41 Å². The first-order chi connectivity index (χ1) is 8.87. The Morgan fingerprint density at radius 2 is 1.95 bits per heavy atom. The summed E-state index contributed by atoms with van der Waals surface area (Å²) in [6, 6.07) is 5.22. The predicted octanol–water partition coefficient (Wildman–Crippen LogP) is 3.81. The Labute approximate surface area is 115 Å². The number of hydrogen-bond donors (Lipinski definition) is 1. The normalized spacial score (nSPS) is 19.8. The smallest absolute Gasteiger partial charge is 0.123 e. The first-order valence-corrected chi connectivity index (χ1v) is 7.11. The van der Waals surface area contributed by atoms with E-state index < -0.39 is 0 Å². The lowest BCUT2D eigenvalue weighted by molar-refractivity contribution is 0.123. The lowest BCUT2D eigenvalue weighted by atomic mass is 9.75. The van der Waals surface area contributed by atoms with Crippen LogP contribution in [-0.4, -0.2) is 18.0 Å². The number of rotatable bonds is 3. The summed E-state index contributed by atoms with van der Waals surface area (Å²) in [6.07, 6.45) is 4.97. The van der Waals surface area contributed by atoms with Gasteiger partial charge in [0.2, 0.25) is 0 Å². The van der Waals surface area contributed by atoms with Gasteiger partial charge in [-0.2, -0.15) is 0 Å². The van der Waals surface area contributed by atoms with Gasteiger partial charge >= 0.3 is 0 Å². The van der Waals surface area contributed by atoms with Crippen LogP contribution in [0, 0.1) is 11.2 Å². The van der Waals surface area contributed by atoms with Gasteiger partial charge in [-0.05, 0) is 61.9 Å². The minimum atomic E-state index is -0.206. The zero-order valence-corrected chi connectivity index (χ0v) is 12.2. The number of halogens is 1. The van der Waals surface area contributed by atoms with E-state index in [2.05, 4.69) is 25.8 Å². The highest BCUT2D eigenvalue weighted by Crippen LogP contribution is 2.37. The predicted molar refractivity (Wildman–Crippen MR) is 78.3 cm³/mol. The van der Waals surface area contributed by atoms with Crippen LogP contribution in [0.2, 0.25) is 0 Å². The zero-order valence-electron chi connectivity index (χ0n) is 12.2. The van der Waals surface area contributed by atoms with Gasteiger partial charge in [0.15, 0.2) is 0 Å². The first-order valence-electron chi connectivity index (χ1n) is 7.11. The van der Waals surface area contributed by atoms with E-state index in [0.717, 1.165) is 12.1 Å². The van der Waals surface area contributed by atoms with Gasteiger partial charge in [0.25, 0.3) is 0 Å². The molecule has 1 saturated carbocycles. The number of nitrogen functional groups attached to an aromatic ring is 1. The minimum Gasteiger partial charge on any atom is -0.398 e. The van der Waals surface area contributed by atoms with Crippen molar-refractivity contribution in [3.8, 4) is 0 Å². The Kier molecular flexibility index (Phi) is 4.14. The molecule has 0 spiro atoms. The van der Waals surface area contributed by atoms with Crippen molar-refractivity contribution >= 4 is 5.69 Å². The Morgan fingerprint density at radius 1 is 1.32 bits per heavy atom. The van der Waals surface area contributed by atoms with Gasteiger partial charge in [-0.3, -0.25) is 4.90 Å². The maximum atomic E-state index is 13.3. The molecule has 0 atom stereocenters. The highest BCUT2D eigenvalue weighted by atomic mass is 19.1. The summed E-state index contributed by atoms with van der Waals surface area (Å²) in [6.45, 7) is 5.41. The molecule has 0 amide bonds. The molecule has 1 aromatic rings. The lowest BCUT2D eigenvalue weighted by Gasteiger charge is -2.38. The van der Waals surface area contributed by atoms with Gasteiger partial charge in [0.1, 0.15) is 5.82 Å². The van der Waals surface area contributed by atoms with Crippen LogP contribution >= 0.6 is 0 Å². The summed E-state index contributed by atoms with van der Waals surface area (Å²) in [5, 5.41) is 0. The van der Waals surface area contributed by atoms with Gasteiger partial charge in [0, 0.05) is 18.3 Å². The molecule has 0 aromatic heterocycles. The summed E-state index contributed by atoms with van der Waals surface area (Å²) in [7, 11) is 2.12. The summed E-state index contributed by atoms with van der Waals surface area (Å²) in [4.78, 5) is 2.32. The average Bonchev–Trinajstić information content (AvgIpc) is 2.33. The molecule has 106 valence electrons. The Morgan fingerprint density at radius 3 is 2.58 bits per heavy atom. The van der Waals surface area contributed by atoms with Crippen LogP contribution in [0.15, 0.2) is 18.2 Å². The zero-order chi connectivity index (χ0) is 14.0. The molecule has 19 heavy (non-hydrogen) atoms. The molecule has 0 heterocycles. The van der Waals surface area contributed by atoms with Gasteiger partial charge in [0.05, 0.1) is 0 Å². The van der Waals surface area contributed by atoms with Crippen LogP contribution in [0.1, 0.15) is 45.1 Å². The van der Waals surface area contributed by atoms with Gasteiger partial charge in [-0.25, -0.2) is 4.39 Å². The van der Waals surface area contributed by atoms with E-state index in [4.69, 9.17) is 5.73 Å². The van der Waals surface area contributed by atoms with Crippen molar-refractivity contribution in [3.05, 3.63) is 29.6 Å². The Bertz CT molecular complexity index is 432. The van der Waals surface area contributed by atoms with Crippen LogP contribution in [0.5, 0.6) is 0 Å². The van der Waals surface area contributed by atoms with E-state index in [-0.39, 0.29) is 5.82 Å². The number of nitrogens with two attached hydrogens (primary N) is 1. The van der Waals surface area contributed by atoms with Crippen LogP contribution < -0.4 is 5.73 Å². The van der Waals surface area contributed by atoms with Crippen molar-refractivity contribution in [3.63, 3.8) is 0 Å². The Hall–Kier alpha value is -1.09.